The quantitative estimate of drug-likeness (QED) is 0.0555. The van der Waals surface area contributed by atoms with Crippen molar-refractivity contribution in [3.63, 3.8) is 0 Å². The molecule has 0 bridgehead atoms. The molecule has 0 spiro atoms. The monoisotopic (exact) mass is 751 g/mol. The van der Waals surface area contributed by atoms with E-state index < -0.39 is 40.6 Å². The van der Waals surface area contributed by atoms with Crippen LogP contribution in [0, 0.1) is 11.8 Å². The molecule has 2 aromatic rings. The molecule has 3 rings (SSSR count). The lowest BCUT2D eigenvalue weighted by Crippen LogP contribution is -2.57. The predicted octanol–water partition coefficient (Wildman–Crippen LogP) is 10.8. The van der Waals surface area contributed by atoms with Crippen molar-refractivity contribution in [2.45, 2.75) is 148 Å². The topological polar surface area (TPSA) is 76.1 Å². The summed E-state index contributed by atoms with van der Waals surface area (Å²) in [6, 6.07) is 19.1. The number of aliphatic hydroxyl groups is 1. The average molecular weight is 752 g/mol. The van der Waals surface area contributed by atoms with Crippen molar-refractivity contribution in [1.29, 1.82) is 0 Å². The number of thiocarbonyl (C=S) groups is 1. The van der Waals surface area contributed by atoms with Crippen molar-refractivity contribution in [2.75, 3.05) is 11.5 Å². The largest absolute Gasteiger partial charge is 0.458 e. The molecule has 8 heteroatoms. The molecule has 0 aromatic heterocycles. The lowest BCUT2D eigenvalue weighted by molar-refractivity contribution is -0.185. The van der Waals surface area contributed by atoms with Crippen molar-refractivity contribution in [1.82, 2.24) is 4.90 Å². The fourth-order valence-corrected chi connectivity index (χ4v) is 8.58. The molecule has 0 radical (unpaired) electrons. The maximum absolute atomic E-state index is 15.1. The van der Waals surface area contributed by atoms with E-state index in [1.54, 1.807) is 26.8 Å². The zero-order valence-corrected chi connectivity index (χ0v) is 34.5. The van der Waals surface area contributed by atoms with Crippen LogP contribution >= 0.6 is 24.0 Å². The fraction of sp³-hybridized carbons (Fsp3) is 0.614. The van der Waals surface area contributed by atoms with Gasteiger partial charge in [0.2, 0.25) is 5.91 Å². The highest BCUT2D eigenvalue weighted by atomic mass is 32.2. The van der Waals surface area contributed by atoms with Crippen LogP contribution in [0.3, 0.4) is 0 Å². The maximum Gasteiger partial charge on any atom is 0.339 e. The van der Waals surface area contributed by atoms with Gasteiger partial charge in [0.25, 0.3) is 5.17 Å². The Morgan fingerprint density at radius 3 is 1.92 bits per heavy atom. The zero-order valence-electron chi connectivity index (χ0n) is 32.9. The number of rotatable bonds is 22. The number of benzene rings is 2. The minimum absolute atomic E-state index is 0.0247. The molecule has 0 saturated carbocycles. The van der Waals surface area contributed by atoms with Crippen molar-refractivity contribution in [3.05, 3.63) is 83.9 Å². The van der Waals surface area contributed by atoms with E-state index in [4.69, 9.17) is 21.7 Å². The molecule has 1 amide bonds. The van der Waals surface area contributed by atoms with Gasteiger partial charge in [0, 0.05) is 11.1 Å². The van der Waals surface area contributed by atoms with E-state index in [1.165, 1.54) is 54.9 Å². The van der Waals surface area contributed by atoms with Gasteiger partial charge in [0.05, 0.1) is 12.0 Å². The first kappa shape index (κ1) is 43.7. The molecule has 2 aromatic carbocycles. The van der Waals surface area contributed by atoms with Crippen molar-refractivity contribution < 1.29 is 24.2 Å². The number of nitrogens with zero attached hydrogens (tertiary/aromatic N) is 1. The number of hydrogen-bond acceptors (Lipinski definition) is 7. The second-order valence-electron chi connectivity index (χ2n) is 15.5. The number of hydrogen-bond donors (Lipinski definition) is 1. The van der Waals surface area contributed by atoms with E-state index in [2.05, 4.69) is 18.7 Å². The number of thioether (sulfide) groups is 1. The van der Waals surface area contributed by atoms with Crippen LogP contribution in [0.4, 0.5) is 0 Å². The maximum atomic E-state index is 15.1. The van der Waals surface area contributed by atoms with Gasteiger partial charge in [-0.1, -0.05) is 145 Å². The Hall–Kier alpha value is -2.68. The summed E-state index contributed by atoms with van der Waals surface area (Å²) < 4.78 is 12.5. The summed E-state index contributed by atoms with van der Waals surface area (Å²) in [5.41, 5.74) is -2.33. The molecule has 1 aliphatic rings. The minimum atomic E-state index is -2.11. The van der Waals surface area contributed by atoms with Gasteiger partial charge in [0.15, 0.2) is 11.2 Å². The van der Waals surface area contributed by atoms with E-state index in [1.807, 2.05) is 87.5 Å². The van der Waals surface area contributed by atoms with E-state index in [0.29, 0.717) is 6.42 Å². The van der Waals surface area contributed by atoms with Gasteiger partial charge in [-0.15, -0.1) is 0 Å². The summed E-state index contributed by atoms with van der Waals surface area (Å²) in [4.78, 5) is 30.5. The first-order chi connectivity index (χ1) is 24.8. The number of unbranched alkanes of at least 4 members (excludes halogenated alkanes) is 8. The van der Waals surface area contributed by atoms with Crippen LogP contribution < -0.4 is 0 Å². The van der Waals surface area contributed by atoms with Crippen LogP contribution in [0.2, 0.25) is 0 Å². The zero-order chi connectivity index (χ0) is 38.2. The summed E-state index contributed by atoms with van der Waals surface area (Å²) >= 11 is 7.99. The van der Waals surface area contributed by atoms with Crippen LogP contribution in [-0.2, 0) is 24.7 Å². The lowest BCUT2D eigenvalue weighted by atomic mass is 9.75. The van der Waals surface area contributed by atoms with Gasteiger partial charge in [-0.2, -0.15) is 11.8 Å². The highest BCUT2D eigenvalue weighted by Crippen LogP contribution is 2.48. The summed E-state index contributed by atoms with van der Waals surface area (Å²) in [5, 5.41) is 12.4. The highest BCUT2D eigenvalue weighted by Gasteiger charge is 2.60. The predicted molar refractivity (Wildman–Crippen MR) is 220 cm³/mol. The van der Waals surface area contributed by atoms with Crippen molar-refractivity contribution >= 4 is 41.0 Å². The molecule has 0 unspecified atom stereocenters. The first-order valence-electron chi connectivity index (χ1n) is 19.7. The second-order valence-corrected chi connectivity index (χ2v) is 17.1. The van der Waals surface area contributed by atoms with Gasteiger partial charge < -0.3 is 14.6 Å². The van der Waals surface area contributed by atoms with Crippen molar-refractivity contribution in [2.24, 2.45) is 11.8 Å². The van der Waals surface area contributed by atoms with E-state index in [0.717, 1.165) is 36.8 Å². The van der Waals surface area contributed by atoms with E-state index in [9.17, 15) is 9.90 Å². The number of amides is 1. The SMILES string of the molecule is CCCCCCCSCCCCCC/C=C/[C@H](C(=O)N1C(=S)OC(c2ccccc2)(c2ccccc2)[C@@H]1C(C)C)[C@@](O)(CCC)C(=O)OC(C)(C)C. The summed E-state index contributed by atoms with van der Waals surface area (Å²) in [6.45, 7) is 13.5. The van der Waals surface area contributed by atoms with Crippen LogP contribution in [0.15, 0.2) is 72.8 Å². The Labute approximate surface area is 324 Å². The standard InChI is InChI=1S/C44H65NO5S2/c1-8-10-11-15-24-32-52-33-25-16-13-12-14-23-30-37(43(48,31-9-2)40(47)49-42(5,6)7)39(46)45-38(34(3)4)44(50-41(45)51,35-26-19-17-20-27-35)36-28-21-18-22-29-36/h17-23,26-30,34,37-38,48H,8-16,24-25,31-33H2,1-7H3/b30-23+/t37-,38+,43+/m1/s1. The van der Waals surface area contributed by atoms with Gasteiger partial charge >= 0.3 is 5.97 Å². The average Bonchev–Trinajstić information content (AvgIpc) is 3.44. The molecule has 52 heavy (non-hydrogen) atoms. The normalized spacial score (nSPS) is 17.7. The number of ether oxygens (including phenoxy) is 2. The molecule has 1 fully saturated rings. The third-order valence-corrected chi connectivity index (χ3v) is 11.1. The molecular weight excluding hydrogens is 687 g/mol. The number of esters is 1. The molecule has 1 N–H and O–H groups in total. The Kier molecular flexibility index (Phi) is 17.9. The number of allylic oxidation sites excluding steroid dienone is 1. The molecule has 3 atom stereocenters. The molecule has 1 aliphatic heterocycles. The Morgan fingerprint density at radius 1 is 0.885 bits per heavy atom. The summed E-state index contributed by atoms with van der Waals surface area (Å²) in [6.07, 6.45) is 16.0. The highest BCUT2D eigenvalue weighted by molar-refractivity contribution is 7.99. The van der Waals surface area contributed by atoms with Crippen molar-refractivity contribution in [3.8, 4) is 0 Å². The van der Waals surface area contributed by atoms with Crippen LogP contribution in [0.1, 0.15) is 137 Å². The summed E-state index contributed by atoms with van der Waals surface area (Å²) in [7, 11) is 0. The minimum Gasteiger partial charge on any atom is -0.458 e. The number of carbonyl (C=O) groups excluding carboxylic acids is 2. The van der Waals surface area contributed by atoms with Crippen LogP contribution in [-0.4, -0.2) is 55.8 Å². The van der Waals surface area contributed by atoms with Crippen LogP contribution in [0.25, 0.3) is 0 Å². The molecule has 0 aliphatic carbocycles. The molecular formula is C44H65NO5S2. The van der Waals surface area contributed by atoms with E-state index in [-0.39, 0.29) is 17.5 Å². The fourth-order valence-electron chi connectivity index (χ4n) is 7.22. The van der Waals surface area contributed by atoms with Crippen LogP contribution in [0.5, 0.6) is 0 Å². The molecule has 1 saturated heterocycles. The van der Waals surface area contributed by atoms with Gasteiger partial charge in [-0.3, -0.25) is 9.69 Å². The number of carbonyl (C=O) groups is 2. The third-order valence-electron chi connectivity index (χ3n) is 9.71. The smallest absolute Gasteiger partial charge is 0.339 e. The Bertz CT molecular complexity index is 1370. The molecule has 1 heterocycles. The third kappa shape index (κ3) is 11.7. The van der Waals surface area contributed by atoms with E-state index >= 15 is 4.79 Å². The van der Waals surface area contributed by atoms with Gasteiger partial charge in [-0.25, -0.2) is 4.79 Å². The first-order valence-corrected chi connectivity index (χ1v) is 21.3. The lowest BCUT2D eigenvalue weighted by Gasteiger charge is -2.40. The van der Waals surface area contributed by atoms with Gasteiger partial charge in [0.1, 0.15) is 5.60 Å². The Morgan fingerprint density at radius 2 is 1.42 bits per heavy atom. The molecule has 6 nitrogen and oxygen atoms in total. The summed E-state index contributed by atoms with van der Waals surface area (Å²) in [5.74, 6) is -0.182. The van der Waals surface area contributed by atoms with Gasteiger partial charge in [-0.05, 0) is 82.5 Å². The molecule has 288 valence electrons. The Balaban J connectivity index is 1.89. The second kappa shape index (κ2) is 21.3.